The molecule has 0 aromatic heterocycles. The van der Waals surface area contributed by atoms with Crippen LogP contribution in [-0.2, 0) is 4.79 Å². The van der Waals surface area contributed by atoms with E-state index in [4.69, 9.17) is 21.9 Å². The fraction of sp³-hybridized carbons (Fsp3) is 0.304. The van der Waals surface area contributed by atoms with Gasteiger partial charge in [-0.05, 0) is 49.9 Å². The van der Waals surface area contributed by atoms with Gasteiger partial charge >= 0.3 is 0 Å². The molecule has 0 bridgehead atoms. The van der Waals surface area contributed by atoms with E-state index in [0.717, 1.165) is 37.7 Å². The summed E-state index contributed by atoms with van der Waals surface area (Å²) >= 11 is 5.98. The Bertz CT molecular complexity index is 1010. The number of amides is 1. The number of aliphatic imine (C=N–C) groups is 1. The molecule has 4 rings (SSSR count). The van der Waals surface area contributed by atoms with Gasteiger partial charge in [-0.15, -0.1) is 0 Å². The van der Waals surface area contributed by atoms with Crippen LogP contribution in [0.2, 0.25) is 5.02 Å². The zero-order valence-corrected chi connectivity index (χ0v) is 16.7. The molecule has 2 aliphatic rings. The second-order valence-electron chi connectivity index (χ2n) is 7.51. The number of rotatable bonds is 4. The van der Waals surface area contributed by atoms with Crippen LogP contribution in [0.5, 0.6) is 0 Å². The molecule has 146 valence electrons. The Labute approximate surface area is 174 Å². The highest BCUT2D eigenvalue weighted by atomic mass is 35.5. The lowest BCUT2D eigenvalue weighted by Gasteiger charge is -2.38. The normalized spacial score (nSPS) is 17.9. The van der Waals surface area contributed by atoms with Crippen molar-refractivity contribution in [2.75, 3.05) is 6.54 Å². The lowest BCUT2D eigenvalue weighted by Crippen LogP contribution is -2.50. The average molecular weight is 406 g/mol. The summed E-state index contributed by atoms with van der Waals surface area (Å²) in [6, 6.07) is 15.6. The summed E-state index contributed by atoms with van der Waals surface area (Å²) in [5.41, 5.74) is 1.46. The van der Waals surface area contributed by atoms with Crippen molar-refractivity contribution in [3.8, 4) is 6.07 Å². The third-order valence-electron chi connectivity index (χ3n) is 5.68. The summed E-state index contributed by atoms with van der Waals surface area (Å²) < 4.78 is 0. The number of hydrogen-bond donors (Lipinski definition) is 0. The molecule has 0 atom stereocenters. The van der Waals surface area contributed by atoms with Crippen LogP contribution in [0, 0.1) is 11.3 Å². The second kappa shape index (κ2) is 7.81. The summed E-state index contributed by atoms with van der Waals surface area (Å²) in [4.78, 5) is 32.7. The number of hydrogen-bond acceptors (Lipinski definition) is 4. The monoisotopic (exact) mass is 405 g/mol. The summed E-state index contributed by atoms with van der Waals surface area (Å²) in [5.74, 6) is -0.364. The van der Waals surface area contributed by atoms with Gasteiger partial charge in [0.15, 0.2) is 5.78 Å². The van der Waals surface area contributed by atoms with E-state index in [1.165, 1.54) is 0 Å². The van der Waals surface area contributed by atoms with Gasteiger partial charge in [0.1, 0.15) is 11.4 Å². The molecule has 5 nitrogen and oxygen atoms in total. The van der Waals surface area contributed by atoms with E-state index in [0.29, 0.717) is 21.9 Å². The third-order valence-corrected chi connectivity index (χ3v) is 5.93. The molecule has 1 aliphatic heterocycles. The van der Waals surface area contributed by atoms with Crippen LogP contribution in [0.3, 0.4) is 0 Å². The first-order valence-corrected chi connectivity index (χ1v) is 10.1. The molecule has 6 heteroatoms. The zero-order valence-electron chi connectivity index (χ0n) is 15.9. The molecule has 1 aliphatic carbocycles. The molecule has 1 amide bonds. The smallest absolute Gasteiger partial charge is 0.275 e. The van der Waals surface area contributed by atoms with Crippen LogP contribution in [0.4, 0.5) is 0 Å². The van der Waals surface area contributed by atoms with Crippen LogP contribution >= 0.6 is 11.6 Å². The number of benzene rings is 2. The zero-order chi connectivity index (χ0) is 20.4. The van der Waals surface area contributed by atoms with Crippen LogP contribution in [0.1, 0.15) is 53.6 Å². The number of halogens is 1. The van der Waals surface area contributed by atoms with Gasteiger partial charge in [0.25, 0.3) is 5.91 Å². The van der Waals surface area contributed by atoms with Crippen molar-refractivity contribution in [1.29, 1.82) is 5.26 Å². The Kier molecular flexibility index (Phi) is 5.21. The van der Waals surface area contributed by atoms with E-state index >= 15 is 0 Å². The standard InChI is InChI=1S/C23H20ClN3O2/c24-19-10-8-18(9-11-19)21-22(29)27(23(26-21)12-2-1-3-13-23)15-20(28)17-6-4-16(14-25)5-7-17/h4-11H,1-3,12-13,15H2. The fourth-order valence-electron chi connectivity index (χ4n) is 4.11. The molecule has 1 fully saturated rings. The van der Waals surface area contributed by atoms with Crippen molar-refractivity contribution in [1.82, 2.24) is 4.90 Å². The quantitative estimate of drug-likeness (QED) is 0.708. The molecule has 1 heterocycles. The number of nitrogens with zero attached hydrogens (tertiary/aromatic N) is 3. The molecule has 0 saturated heterocycles. The largest absolute Gasteiger partial charge is 0.305 e. The van der Waals surface area contributed by atoms with E-state index in [9.17, 15) is 9.59 Å². The van der Waals surface area contributed by atoms with Crippen molar-refractivity contribution in [2.24, 2.45) is 4.99 Å². The Morgan fingerprint density at radius 3 is 2.34 bits per heavy atom. The van der Waals surface area contributed by atoms with Crippen molar-refractivity contribution in [3.05, 3.63) is 70.2 Å². The minimum absolute atomic E-state index is 0.0225. The van der Waals surface area contributed by atoms with Gasteiger partial charge in [-0.1, -0.05) is 42.3 Å². The van der Waals surface area contributed by atoms with Crippen molar-refractivity contribution in [3.63, 3.8) is 0 Å². The van der Waals surface area contributed by atoms with Crippen LogP contribution in [0.15, 0.2) is 53.5 Å². The maximum absolute atomic E-state index is 13.3. The van der Waals surface area contributed by atoms with Crippen LogP contribution in [0.25, 0.3) is 0 Å². The van der Waals surface area contributed by atoms with Gasteiger partial charge in [-0.3, -0.25) is 14.6 Å². The van der Waals surface area contributed by atoms with E-state index in [1.54, 1.807) is 53.4 Å². The highest BCUT2D eigenvalue weighted by Gasteiger charge is 2.48. The first-order valence-electron chi connectivity index (χ1n) is 9.73. The van der Waals surface area contributed by atoms with E-state index in [2.05, 4.69) is 0 Å². The fourth-order valence-corrected chi connectivity index (χ4v) is 4.24. The average Bonchev–Trinajstić information content (AvgIpc) is 3.01. The lowest BCUT2D eigenvalue weighted by molar-refractivity contribution is -0.128. The van der Waals surface area contributed by atoms with Crippen molar-refractivity contribution >= 4 is 29.0 Å². The van der Waals surface area contributed by atoms with Gasteiger partial charge < -0.3 is 4.90 Å². The number of nitriles is 1. The SMILES string of the molecule is N#Cc1ccc(C(=O)CN2C(=O)C(c3ccc(Cl)cc3)=NC23CCCCC3)cc1. The van der Waals surface area contributed by atoms with Crippen LogP contribution < -0.4 is 0 Å². The Morgan fingerprint density at radius 1 is 1.07 bits per heavy atom. The second-order valence-corrected chi connectivity index (χ2v) is 7.95. The molecule has 2 aromatic rings. The summed E-state index contributed by atoms with van der Waals surface area (Å²) in [6.45, 7) is -0.0225. The lowest BCUT2D eigenvalue weighted by atomic mass is 9.88. The van der Waals surface area contributed by atoms with Gasteiger partial charge in [-0.25, -0.2) is 0 Å². The minimum Gasteiger partial charge on any atom is -0.305 e. The Morgan fingerprint density at radius 2 is 1.72 bits per heavy atom. The molecular formula is C23H20ClN3O2. The topological polar surface area (TPSA) is 73.5 Å². The summed E-state index contributed by atoms with van der Waals surface area (Å²) in [5, 5.41) is 9.54. The molecular weight excluding hydrogens is 386 g/mol. The molecule has 29 heavy (non-hydrogen) atoms. The molecule has 0 unspecified atom stereocenters. The molecule has 1 saturated carbocycles. The van der Waals surface area contributed by atoms with Gasteiger partial charge in [0, 0.05) is 16.1 Å². The van der Waals surface area contributed by atoms with Gasteiger partial charge in [-0.2, -0.15) is 5.26 Å². The molecule has 1 spiro atoms. The summed E-state index contributed by atoms with van der Waals surface area (Å²) in [6.07, 6.45) is 4.59. The highest BCUT2D eigenvalue weighted by molar-refractivity contribution is 6.47. The molecule has 0 radical (unpaired) electrons. The number of Topliss-reactive ketones (excluding diaryl/α,β-unsaturated/α-hetero) is 1. The maximum Gasteiger partial charge on any atom is 0.275 e. The third kappa shape index (κ3) is 3.68. The predicted octanol–water partition coefficient (Wildman–Crippen LogP) is 4.39. The van der Waals surface area contributed by atoms with Crippen molar-refractivity contribution in [2.45, 2.75) is 37.8 Å². The van der Waals surface area contributed by atoms with E-state index < -0.39 is 5.66 Å². The van der Waals surface area contributed by atoms with Gasteiger partial charge in [0.05, 0.1) is 18.2 Å². The minimum atomic E-state index is -0.646. The first-order chi connectivity index (χ1) is 14.0. The molecule has 2 aromatic carbocycles. The summed E-state index contributed by atoms with van der Waals surface area (Å²) in [7, 11) is 0. The van der Waals surface area contributed by atoms with Gasteiger partial charge in [0.2, 0.25) is 0 Å². The number of carbonyl (C=O) groups excluding carboxylic acids is 2. The Balaban J connectivity index is 1.64. The predicted molar refractivity (Wildman–Crippen MR) is 111 cm³/mol. The van der Waals surface area contributed by atoms with E-state index in [-0.39, 0.29) is 18.2 Å². The first kappa shape index (κ1) is 19.4. The Hall–Kier alpha value is -2.97. The van der Waals surface area contributed by atoms with Crippen molar-refractivity contribution < 1.29 is 9.59 Å². The number of carbonyl (C=O) groups is 2. The number of ketones is 1. The van der Waals surface area contributed by atoms with Crippen LogP contribution in [-0.4, -0.2) is 34.5 Å². The highest BCUT2D eigenvalue weighted by Crippen LogP contribution is 2.39. The molecule has 0 N–H and O–H groups in total. The van der Waals surface area contributed by atoms with E-state index in [1.807, 2.05) is 6.07 Å². The maximum atomic E-state index is 13.3.